The Kier molecular flexibility index (Phi) is 5.72. The molecule has 8 heteroatoms. The van der Waals surface area contributed by atoms with E-state index in [1.165, 1.54) is 24.2 Å². The minimum atomic E-state index is -1.14. The third-order valence-electron chi connectivity index (χ3n) is 7.93. The standard InChI is InChI=1S/C27H32N4O3S/c1-16-11-18(13-19(12-16)30-24-28-10-7-20(31-24)17-5-6-17)21-14-29-22(35-21)27(34)9-8-26(4,23(32)33)25(2,3)15-27/h7,10-14,17,34H,5-6,8-9,15H2,1-4H3,(H,32,33)(H,28,30,31)/t26-,27-/m1/s1. The third-order valence-corrected chi connectivity index (χ3v) is 9.17. The number of rotatable bonds is 6. The normalized spacial score (nSPS) is 25.9. The van der Waals surface area contributed by atoms with Crippen LogP contribution in [0.15, 0.2) is 36.7 Å². The average Bonchev–Trinajstić information content (AvgIpc) is 3.51. The summed E-state index contributed by atoms with van der Waals surface area (Å²) >= 11 is 1.47. The maximum atomic E-state index is 12.0. The van der Waals surface area contributed by atoms with Gasteiger partial charge in [0.15, 0.2) is 0 Å². The molecule has 0 spiro atoms. The Bertz CT molecular complexity index is 1280. The van der Waals surface area contributed by atoms with Gasteiger partial charge in [-0.2, -0.15) is 0 Å². The summed E-state index contributed by atoms with van der Waals surface area (Å²) in [4.78, 5) is 26.6. The fraction of sp³-hybridized carbons (Fsp3) is 0.481. The second kappa shape index (κ2) is 8.38. The summed E-state index contributed by atoms with van der Waals surface area (Å²) in [6, 6.07) is 8.19. The van der Waals surface area contributed by atoms with E-state index < -0.39 is 22.4 Å². The molecular formula is C27H32N4O3S. The lowest BCUT2D eigenvalue weighted by Crippen LogP contribution is -2.51. The van der Waals surface area contributed by atoms with Crippen molar-refractivity contribution in [2.24, 2.45) is 10.8 Å². The van der Waals surface area contributed by atoms with Gasteiger partial charge in [0.1, 0.15) is 10.6 Å². The topological polar surface area (TPSA) is 108 Å². The molecule has 2 saturated carbocycles. The number of nitrogens with one attached hydrogen (secondary N) is 1. The molecule has 2 aliphatic rings. The minimum absolute atomic E-state index is 0.352. The van der Waals surface area contributed by atoms with Crippen LogP contribution >= 0.6 is 11.3 Å². The van der Waals surface area contributed by atoms with Gasteiger partial charge in [0.25, 0.3) is 0 Å². The fourth-order valence-corrected chi connectivity index (χ4v) is 6.20. The zero-order valence-electron chi connectivity index (χ0n) is 20.6. The summed E-state index contributed by atoms with van der Waals surface area (Å²) in [6.07, 6.45) is 7.12. The van der Waals surface area contributed by atoms with Crippen LogP contribution in [0, 0.1) is 17.8 Å². The van der Waals surface area contributed by atoms with Gasteiger partial charge in [-0.1, -0.05) is 19.9 Å². The number of carbonyl (C=O) groups is 1. The first-order chi connectivity index (χ1) is 16.5. The van der Waals surface area contributed by atoms with Gasteiger partial charge in [0.2, 0.25) is 5.95 Å². The molecule has 1 aromatic carbocycles. The molecule has 0 unspecified atom stereocenters. The van der Waals surface area contributed by atoms with Crippen LogP contribution < -0.4 is 5.32 Å². The molecule has 3 aromatic rings. The smallest absolute Gasteiger partial charge is 0.309 e. The zero-order valence-corrected chi connectivity index (χ0v) is 21.4. The summed E-state index contributed by atoms with van der Waals surface area (Å²) in [5, 5.41) is 25.4. The van der Waals surface area contributed by atoms with Crippen LogP contribution in [-0.4, -0.2) is 31.1 Å². The second-order valence-corrected chi connectivity index (χ2v) is 12.1. The molecule has 2 aliphatic carbocycles. The van der Waals surface area contributed by atoms with Crippen molar-refractivity contribution in [1.29, 1.82) is 0 Å². The molecule has 0 aliphatic heterocycles. The first-order valence-corrected chi connectivity index (χ1v) is 12.9. The molecule has 184 valence electrons. The van der Waals surface area contributed by atoms with E-state index in [2.05, 4.69) is 32.4 Å². The average molecular weight is 493 g/mol. The van der Waals surface area contributed by atoms with Gasteiger partial charge >= 0.3 is 5.97 Å². The van der Waals surface area contributed by atoms with Crippen molar-refractivity contribution < 1.29 is 15.0 Å². The van der Waals surface area contributed by atoms with Gasteiger partial charge in [0.05, 0.1) is 10.3 Å². The van der Waals surface area contributed by atoms with E-state index in [1.54, 1.807) is 19.3 Å². The van der Waals surface area contributed by atoms with Crippen molar-refractivity contribution in [3.63, 3.8) is 0 Å². The van der Waals surface area contributed by atoms with Crippen molar-refractivity contribution in [2.75, 3.05) is 5.32 Å². The number of benzene rings is 1. The third kappa shape index (κ3) is 4.45. The molecule has 2 aromatic heterocycles. The molecule has 35 heavy (non-hydrogen) atoms. The highest BCUT2D eigenvalue weighted by Gasteiger charge is 2.56. The van der Waals surface area contributed by atoms with Gasteiger partial charge in [0, 0.05) is 29.7 Å². The largest absolute Gasteiger partial charge is 0.481 e. The Morgan fingerprint density at radius 3 is 2.60 bits per heavy atom. The van der Waals surface area contributed by atoms with E-state index in [9.17, 15) is 15.0 Å². The monoisotopic (exact) mass is 492 g/mol. The summed E-state index contributed by atoms with van der Waals surface area (Å²) in [5.41, 5.74) is 1.49. The fourth-order valence-electron chi connectivity index (χ4n) is 5.18. The van der Waals surface area contributed by atoms with Gasteiger partial charge < -0.3 is 15.5 Å². The molecule has 0 amide bonds. The summed E-state index contributed by atoms with van der Waals surface area (Å²) in [5.74, 6) is 0.346. The van der Waals surface area contributed by atoms with Gasteiger partial charge in [-0.3, -0.25) is 4.79 Å². The number of nitrogens with zero attached hydrogens (tertiary/aromatic N) is 3. The number of thiazole rings is 1. The van der Waals surface area contributed by atoms with Crippen LogP contribution in [0.2, 0.25) is 0 Å². The highest BCUT2D eigenvalue weighted by molar-refractivity contribution is 7.15. The predicted molar refractivity (Wildman–Crippen MR) is 137 cm³/mol. The van der Waals surface area contributed by atoms with Crippen LogP contribution in [0.3, 0.4) is 0 Å². The number of carboxylic acid groups (broad SMARTS) is 1. The summed E-state index contributed by atoms with van der Waals surface area (Å²) < 4.78 is 0. The van der Waals surface area contributed by atoms with Gasteiger partial charge in [-0.15, -0.1) is 11.3 Å². The van der Waals surface area contributed by atoms with Crippen molar-refractivity contribution in [3.05, 3.63) is 52.9 Å². The number of aryl methyl sites for hydroxylation is 1. The molecule has 2 heterocycles. The van der Waals surface area contributed by atoms with Crippen LogP contribution in [0.25, 0.3) is 10.4 Å². The van der Waals surface area contributed by atoms with Gasteiger partial charge in [-0.25, -0.2) is 15.0 Å². The quantitative estimate of drug-likeness (QED) is 0.386. The Morgan fingerprint density at radius 2 is 1.91 bits per heavy atom. The minimum Gasteiger partial charge on any atom is -0.481 e. The molecule has 0 saturated heterocycles. The van der Waals surface area contributed by atoms with Gasteiger partial charge in [-0.05, 0) is 80.7 Å². The van der Waals surface area contributed by atoms with E-state index in [-0.39, 0.29) is 0 Å². The van der Waals surface area contributed by atoms with E-state index in [0.29, 0.717) is 36.1 Å². The van der Waals surface area contributed by atoms with Crippen LogP contribution in [0.5, 0.6) is 0 Å². The molecular weight excluding hydrogens is 460 g/mol. The number of aliphatic carboxylic acids is 1. The molecule has 0 radical (unpaired) electrons. The summed E-state index contributed by atoms with van der Waals surface area (Å²) in [7, 11) is 0. The molecule has 2 atom stereocenters. The number of carboxylic acids is 1. The Hall–Kier alpha value is -2.84. The number of hydrogen-bond donors (Lipinski definition) is 3. The maximum absolute atomic E-state index is 12.0. The lowest BCUT2D eigenvalue weighted by atomic mass is 9.55. The lowest BCUT2D eigenvalue weighted by molar-refractivity contribution is -0.170. The number of anilines is 2. The first-order valence-electron chi connectivity index (χ1n) is 12.1. The maximum Gasteiger partial charge on any atom is 0.309 e. The second-order valence-electron chi connectivity index (χ2n) is 11.1. The first kappa shape index (κ1) is 23.9. The highest BCUT2D eigenvalue weighted by Crippen LogP contribution is 2.57. The van der Waals surface area contributed by atoms with Crippen molar-refractivity contribution in [3.8, 4) is 10.4 Å². The Balaban J connectivity index is 1.39. The van der Waals surface area contributed by atoms with Crippen molar-refractivity contribution in [2.45, 2.75) is 71.3 Å². The van der Waals surface area contributed by atoms with Crippen molar-refractivity contribution >= 4 is 28.9 Å². The molecule has 2 fully saturated rings. The summed E-state index contributed by atoms with van der Waals surface area (Å²) in [6.45, 7) is 7.69. The zero-order chi connectivity index (χ0) is 25.0. The van der Waals surface area contributed by atoms with E-state index in [1.807, 2.05) is 32.9 Å². The highest BCUT2D eigenvalue weighted by atomic mass is 32.1. The molecule has 3 N–H and O–H groups in total. The number of aromatic nitrogens is 3. The Morgan fingerprint density at radius 1 is 1.14 bits per heavy atom. The predicted octanol–water partition coefficient (Wildman–Crippen LogP) is 6.02. The van der Waals surface area contributed by atoms with Crippen LogP contribution in [0.4, 0.5) is 11.6 Å². The molecule has 5 rings (SSSR count). The Labute approximate surface area is 209 Å². The SMILES string of the molecule is Cc1cc(Nc2nccc(C3CC3)n2)cc(-c2cnc([C@@]3(O)CC[C@](C)(C(=O)O)C(C)(C)C3)s2)c1. The van der Waals surface area contributed by atoms with Crippen LogP contribution in [-0.2, 0) is 10.4 Å². The molecule has 7 nitrogen and oxygen atoms in total. The van der Waals surface area contributed by atoms with E-state index >= 15 is 0 Å². The molecule has 0 bridgehead atoms. The van der Waals surface area contributed by atoms with Crippen LogP contribution in [0.1, 0.15) is 75.1 Å². The number of hydrogen-bond acceptors (Lipinski definition) is 7. The number of aliphatic hydroxyl groups is 1. The van der Waals surface area contributed by atoms with E-state index in [4.69, 9.17) is 0 Å². The van der Waals surface area contributed by atoms with Crippen molar-refractivity contribution in [1.82, 2.24) is 15.0 Å². The van der Waals surface area contributed by atoms with E-state index in [0.717, 1.165) is 27.4 Å². The lowest BCUT2D eigenvalue weighted by Gasteiger charge is -2.50.